The molecule has 166 valence electrons. The average molecular weight is 437 g/mol. The van der Waals surface area contributed by atoms with Gasteiger partial charge in [-0.2, -0.15) is 13.2 Å². The summed E-state index contributed by atoms with van der Waals surface area (Å²) in [4.78, 5) is 25.1. The fourth-order valence-corrected chi connectivity index (χ4v) is 3.77. The standard InChI is InChI=1S/C21H22F3N3O4/c22-21(23,24)16-6-2-1-5-15(16)19(28)13-25-20(29)14-9-11-26(12-10-14)17-7-3-4-8-18(17)27(30)31/h1-8,14,19,28H,9-13H2,(H,25,29). The lowest BCUT2D eigenvalue weighted by molar-refractivity contribution is -0.384. The molecule has 2 aromatic carbocycles. The van der Waals surface area contributed by atoms with Crippen LogP contribution in [0.25, 0.3) is 0 Å². The van der Waals surface area contributed by atoms with E-state index >= 15 is 0 Å². The van der Waals surface area contributed by atoms with Crippen LogP contribution in [-0.4, -0.2) is 35.6 Å². The summed E-state index contributed by atoms with van der Waals surface area (Å²) in [5, 5.41) is 23.9. The summed E-state index contributed by atoms with van der Waals surface area (Å²) in [6, 6.07) is 11.1. The number of carbonyl (C=O) groups is 1. The zero-order chi connectivity index (χ0) is 22.6. The van der Waals surface area contributed by atoms with E-state index in [1.165, 1.54) is 24.3 Å². The molecule has 0 radical (unpaired) electrons. The van der Waals surface area contributed by atoms with Crippen molar-refractivity contribution in [3.63, 3.8) is 0 Å². The highest BCUT2D eigenvalue weighted by Crippen LogP contribution is 2.34. The van der Waals surface area contributed by atoms with Gasteiger partial charge < -0.3 is 15.3 Å². The fourth-order valence-electron chi connectivity index (χ4n) is 3.77. The number of hydrogen-bond acceptors (Lipinski definition) is 5. The normalized spacial score (nSPS) is 16.1. The number of benzene rings is 2. The number of aliphatic hydroxyl groups is 1. The van der Waals surface area contributed by atoms with Crippen LogP contribution in [0.2, 0.25) is 0 Å². The van der Waals surface area contributed by atoms with E-state index in [2.05, 4.69) is 5.32 Å². The van der Waals surface area contributed by atoms with E-state index < -0.39 is 22.8 Å². The Labute approximate surface area is 176 Å². The van der Waals surface area contributed by atoms with Gasteiger partial charge in [-0.3, -0.25) is 14.9 Å². The van der Waals surface area contributed by atoms with Gasteiger partial charge in [-0.15, -0.1) is 0 Å². The number of amides is 1. The number of halogens is 3. The highest BCUT2D eigenvalue weighted by molar-refractivity contribution is 5.79. The van der Waals surface area contributed by atoms with Gasteiger partial charge in [-0.05, 0) is 30.5 Å². The fraction of sp³-hybridized carbons (Fsp3) is 0.381. The molecule has 1 aliphatic heterocycles. The number of nitro groups is 1. The molecule has 3 rings (SSSR count). The van der Waals surface area contributed by atoms with E-state index in [0.717, 1.165) is 6.07 Å². The number of aliphatic hydroxyl groups excluding tert-OH is 1. The highest BCUT2D eigenvalue weighted by atomic mass is 19.4. The smallest absolute Gasteiger partial charge is 0.387 e. The number of para-hydroxylation sites is 2. The maximum Gasteiger partial charge on any atom is 0.416 e. The van der Waals surface area contributed by atoms with Crippen LogP contribution in [0.1, 0.15) is 30.1 Å². The number of hydrogen-bond donors (Lipinski definition) is 2. The number of nitrogens with one attached hydrogen (secondary N) is 1. The van der Waals surface area contributed by atoms with Crippen LogP contribution in [0.4, 0.5) is 24.5 Å². The predicted molar refractivity (Wildman–Crippen MR) is 107 cm³/mol. The molecule has 1 heterocycles. The van der Waals surface area contributed by atoms with Crippen molar-refractivity contribution in [1.29, 1.82) is 0 Å². The summed E-state index contributed by atoms with van der Waals surface area (Å²) in [6.07, 6.45) is -5.22. The van der Waals surface area contributed by atoms with Crippen molar-refractivity contribution in [2.75, 3.05) is 24.5 Å². The Balaban J connectivity index is 1.56. The molecule has 2 aromatic rings. The Bertz CT molecular complexity index is 943. The number of anilines is 1. The largest absolute Gasteiger partial charge is 0.416 e. The van der Waals surface area contributed by atoms with E-state index in [1.807, 2.05) is 4.90 Å². The first-order chi connectivity index (χ1) is 14.7. The van der Waals surface area contributed by atoms with Crippen LogP contribution in [-0.2, 0) is 11.0 Å². The molecule has 0 saturated carbocycles. The Kier molecular flexibility index (Phi) is 6.79. The topological polar surface area (TPSA) is 95.7 Å². The molecule has 1 aliphatic rings. The lowest BCUT2D eigenvalue weighted by Crippen LogP contribution is -2.41. The molecule has 0 aromatic heterocycles. The summed E-state index contributed by atoms with van der Waals surface area (Å²) in [5.74, 6) is -0.741. The van der Waals surface area contributed by atoms with E-state index in [4.69, 9.17) is 0 Å². The van der Waals surface area contributed by atoms with Crippen molar-refractivity contribution >= 4 is 17.3 Å². The molecule has 10 heteroatoms. The number of carbonyl (C=O) groups excluding carboxylic acids is 1. The third-order valence-corrected chi connectivity index (χ3v) is 5.38. The van der Waals surface area contributed by atoms with Gasteiger partial charge in [0.05, 0.1) is 16.6 Å². The number of rotatable bonds is 6. The Hall–Kier alpha value is -3.14. The second-order valence-electron chi connectivity index (χ2n) is 7.35. The molecule has 0 aliphatic carbocycles. The number of piperidine rings is 1. The molecule has 2 N–H and O–H groups in total. The quantitative estimate of drug-likeness (QED) is 0.531. The van der Waals surface area contributed by atoms with Gasteiger partial charge >= 0.3 is 6.18 Å². The van der Waals surface area contributed by atoms with Gasteiger partial charge in [0.15, 0.2) is 0 Å². The van der Waals surface area contributed by atoms with Crippen molar-refractivity contribution < 1.29 is 28.0 Å². The van der Waals surface area contributed by atoms with E-state index in [9.17, 15) is 33.2 Å². The minimum Gasteiger partial charge on any atom is -0.387 e. The Morgan fingerprint density at radius 3 is 2.42 bits per heavy atom. The van der Waals surface area contributed by atoms with Gasteiger partial charge in [-0.1, -0.05) is 30.3 Å². The lowest BCUT2D eigenvalue weighted by atomic mass is 9.95. The molecular weight excluding hydrogens is 415 g/mol. The Morgan fingerprint density at radius 2 is 1.77 bits per heavy atom. The van der Waals surface area contributed by atoms with Crippen LogP contribution in [0, 0.1) is 16.0 Å². The minimum atomic E-state index is -4.60. The first-order valence-electron chi connectivity index (χ1n) is 9.78. The van der Waals surface area contributed by atoms with Gasteiger partial charge in [-0.25, -0.2) is 0 Å². The second-order valence-corrected chi connectivity index (χ2v) is 7.35. The van der Waals surface area contributed by atoms with Crippen LogP contribution in [0.3, 0.4) is 0 Å². The number of alkyl halides is 3. The first-order valence-corrected chi connectivity index (χ1v) is 9.78. The Morgan fingerprint density at radius 1 is 1.16 bits per heavy atom. The second kappa shape index (κ2) is 9.34. The predicted octanol–water partition coefficient (Wildman–Crippen LogP) is 3.68. The molecule has 7 nitrogen and oxygen atoms in total. The van der Waals surface area contributed by atoms with E-state index in [-0.39, 0.29) is 29.6 Å². The average Bonchev–Trinajstić information content (AvgIpc) is 2.76. The monoisotopic (exact) mass is 437 g/mol. The van der Waals surface area contributed by atoms with Gasteiger partial charge in [0.25, 0.3) is 5.69 Å². The molecule has 1 unspecified atom stereocenters. The minimum absolute atomic E-state index is 0.00291. The van der Waals surface area contributed by atoms with Gasteiger partial charge in [0.2, 0.25) is 5.91 Å². The van der Waals surface area contributed by atoms with Crippen LogP contribution in [0.5, 0.6) is 0 Å². The molecule has 31 heavy (non-hydrogen) atoms. The summed E-state index contributed by atoms with van der Waals surface area (Å²) in [5.41, 5.74) is -0.738. The molecule has 0 bridgehead atoms. The zero-order valence-corrected chi connectivity index (χ0v) is 16.5. The number of nitrogens with zero attached hydrogens (tertiary/aromatic N) is 2. The number of nitro benzene ring substituents is 1. The van der Waals surface area contributed by atoms with E-state index in [1.54, 1.807) is 18.2 Å². The zero-order valence-electron chi connectivity index (χ0n) is 16.5. The van der Waals surface area contributed by atoms with Crippen molar-refractivity contribution in [3.8, 4) is 0 Å². The molecule has 1 fully saturated rings. The molecule has 1 amide bonds. The van der Waals surface area contributed by atoms with Gasteiger partial charge in [0.1, 0.15) is 5.69 Å². The van der Waals surface area contributed by atoms with Crippen molar-refractivity contribution in [1.82, 2.24) is 5.32 Å². The van der Waals surface area contributed by atoms with Crippen LogP contribution < -0.4 is 10.2 Å². The molecule has 1 saturated heterocycles. The molecular formula is C21H22F3N3O4. The highest BCUT2D eigenvalue weighted by Gasteiger charge is 2.35. The van der Waals surface area contributed by atoms with Crippen molar-refractivity contribution in [2.24, 2.45) is 5.92 Å². The van der Waals surface area contributed by atoms with Crippen molar-refractivity contribution in [3.05, 3.63) is 69.8 Å². The first kappa shape index (κ1) is 22.5. The third kappa shape index (κ3) is 5.32. The third-order valence-electron chi connectivity index (χ3n) is 5.38. The summed E-state index contributed by atoms with van der Waals surface area (Å²) in [7, 11) is 0. The SMILES string of the molecule is O=C(NCC(O)c1ccccc1C(F)(F)F)C1CCN(c2ccccc2[N+](=O)[O-])CC1. The molecule has 0 spiro atoms. The lowest BCUT2D eigenvalue weighted by Gasteiger charge is -2.32. The van der Waals surface area contributed by atoms with E-state index in [0.29, 0.717) is 31.6 Å². The van der Waals surface area contributed by atoms with Crippen LogP contribution >= 0.6 is 0 Å². The molecule has 1 atom stereocenters. The van der Waals surface area contributed by atoms with Crippen molar-refractivity contribution in [2.45, 2.75) is 25.1 Å². The van der Waals surface area contributed by atoms with Gasteiger partial charge in [0, 0.05) is 31.6 Å². The van der Waals surface area contributed by atoms with Crippen LogP contribution in [0.15, 0.2) is 48.5 Å². The maximum atomic E-state index is 13.1. The summed E-state index contributed by atoms with van der Waals surface area (Å²) >= 11 is 0. The summed E-state index contributed by atoms with van der Waals surface area (Å²) in [6.45, 7) is 0.529. The summed E-state index contributed by atoms with van der Waals surface area (Å²) < 4.78 is 39.3. The maximum absolute atomic E-state index is 13.1.